The summed E-state index contributed by atoms with van der Waals surface area (Å²) in [6.07, 6.45) is 0. The molecule has 0 heteroatoms. The van der Waals surface area contributed by atoms with E-state index in [0.29, 0.717) is 0 Å². The monoisotopic (exact) mass is 608 g/mol. The summed E-state index contributed by atoms with van der Waals surface area (Å²) in [5.74, 6) is 0. The van der Waals surface area contributed by atoms with Crippen LogP contribution in [0.15, 0.2) is 194 Å². The van der Waals surface area contributed by atoms with Crippen LogP contribution in [0.3, 0.4) is 0 Å². The van der Waals surface area contributed by atoms with Crippen molar-refractivity contribution in [3.63, 3.8) is 0 Å². The maximum atomic E-state index is 2.41. The highest BCUT2D eigenvalue weighted by Gasteiger charge is 2.20. The molecular weight excluding hydrogens is 577 g/mol. The second kappa shape index (κ2) is 11.8. The first kappa shape index (κ1) is 28.0. The molecule has 9 rings (SSSR count). The number of hydrogen-bond donors (Lipinski definition) is 0. The summed E-state index contributed by atoms with van der Waals surface area (Å²) in [5, 5.41) is 7.57. The molecule has 0 saturated carbocycles. The summed E-state index contributed by atoms with van der Waals surface area (Å²) >= 11 is 0. The Morgan fingerprint density at radius 1 is 0.208 bits per heavy atom. The fourth-order valence-electron chi connectivity index (χ4n) is 7.44. The lowest BCUT2D eigenvalue weighted by molar-refractivity contribution is 1.57. The zero-order valence-electron chi connectivity index (χ0n) is 26.5. The number of fused-ring (bicyclic) bond motifs is 3. The van der Waals surface area contributed by atoms with Crippen molar-refractivity contribution in [2.45, 2.75) is 0 Å². The van der Waals surface area contributed by atoms with Gasteiger partial charge < -0.3 is 0 Å². The van der Waals surface area contributed by atoms with Crippen LogP contribution in [-0.2, 0) is 0 Å². The van der Waals surface area contributed by atoms with Gasteiger partial charge in [-0.05, 0) is 94.0 Å². The van der Waals surface area contributed by atoms with E-state index in [9.17, 15) is 0 Å². The third-order valence-electron chi connectivity index (χ3n) is 9.69. The van der Waals surface area contributed by atoms with E-state index in [4.69, 9.17) is 0 Å². The molecule has 0 radical (unpaired) electrons. The maximum absolute atomic E-state index is 2.41. The molecule has 0 nitrogen and oxygen atoms in total. The Morgan fingerprint density at radius 3 is 1.23 bits per heavy atom. The third kappa shape index (κ3) is 4.78. The minimum Gasteiger partial charge on any atom is -0.0622 e. The third-order valence-corrected chi connectivity index (χ3v) is 9.69. The number of hydrogen-bond acceptors (Lipinski definition) is 0. The SMILES string of the molecule is c1ccc(-c2ccc(-c3ccc(-c4ccccc4)c(-c4c5ccccc5c(-c5cccc6ccccc56)c5ccccc45)c3)cc2)cc1. The second-order valence-electron chi connectivity index (χ2n) is 12.4. The first-order chi connectivity index (χ1) is 23.8. The Balaban J connectivity index is 1.33. The van der Waals surface area contributed by atoms with Gasteiger partial charge in [-0.15, -0.1) is 0 Å². The highest BCUT2D eigenvalue weighted by atomic mass is 14.2. The van der Waals surface area contributed by atoms with E-state index >= 15 is 0 Å². The quantitative estimate of drug-likeness (QED) is 0.171. The average Bonchev–Trinajstić information content (AvgIpc) is 3.17. The summed E-state index contributed by atoms with van der Waals surface area (Å²) in [6.45, 7) is 0. The van der Waals surface area contributed by atoms with Crippen molar-refractivity contribution in [1.82, 2.24) is 0 Å². The lowest BCUT2D eigenvalue weighted by Crippen LogP contribution is -1.94. The van der Waals surface area contributed by atoms with Crippen LogP contribution in [-0.4, -0.2) is 0 Å². The summed E-state index contributed by atoms with van der Waals surface area (Å²) in [4.78, 5) is 0. The molecule has 0 aliphatic heterocycles. The van der Waals surface area contributed by atoms with Gasteiger partial charge in [-0.25, -0.2) is 0 Å². The van der Waals surface area contributed by atoms with Crippen LogP contribution in [0.4, 0.5) is 0 Å². The molecule has 48 heavy (non-hydrogen) atoms. The molecule has 0 bridgehead atoms. The van der Waals surface area contributed by atoms with Crippen LogP contribution >= 0.6 is 0 Å². The molecule has 0 unspecified atom stereocenters. The molecule has 9 aromatic rings. The molecule has 0 heterocycles. The van der Waals surface area contributed by atoms with Gasteiger partial charge in [-0.3, -0.25) is 0 Å². The van der Waals surface area contributed by atoms with E-state index in [1.54, 1.807) is 0 Å². The largest absolute Gasteiger partial charge is 0.0622 e. The first-order valence-electron chi connectivity index (χ1n) is 16.6. The van der Waals surface area contributed by atoms with Crippen molar-refractivity contribution < 1.29 is 0 Å². The normalized spacial score (nSPS) is 11.3. The molecule has 0 N–H and O–H groups in total. The minimum absolute atomic E-state index is 1.20. The van der Waals surface area contributed by atoms with Gasteiger partial charge in [0.05, 0.1) is 0 Å². The van der Waals surface area contributed by atoms with E-state index in [0.717, 1.165) is 0 Å². The lowest BCUT2D eigenvalue weighted by atomic mass is 9.82. The molecule has 0 saturated heterocycles. The zero-order chi connectivity index (χ0) is 31.9. The van der Waals surface area contributed by atoms with Gasteiger partial charge in [0.15, 0.2) is 0 Å². The standard InChI is InChI=1S/C48H32/c1-3-14-33(15-4-1)34-26-28-35(29-27-34)38-30-31-40(36-16-5-2-6-17-36)46(32-38)48-44-23-11-9-21-42(44)47(43-22-10-12-24-45(43)48)41-25-13-19-37-18-7-8-20-39(37)41/h1-32H. The molecule has 0 fully saturated rings. The Labute approximate surface area is 281 Å². The average molecular weight is 609 g/mol. The summed E-state index contributed by atoms with van der Waals surface area (Å²) < 4.78 is 0. The molecule has 224 valence electrons. The minimum atomic E-state index is 1.20. The van der Waals surface area contributed by atoms with Gasteiger partial charge in [0, 0.05) is 0 Å². The fraction of sp³-hybridized carbons (Fsp3) is 0. The fourth-order valence-corrected chi connectivity index (χ4v) is 7.44. The molecule has 0 aliphatic carbocycles. The van der Waals surface area contributed by atoms with Gasteiger partial charge in [-0.2, -0.15) is 0 Å². The van der Waals surface area contributed by atoms with Gasteiger partial charge >= 0.3 is 0 Å². The second-order valence-corrected chi connectivity index (χ2v) is 12.4. The van der Waals surface area contributed by atoms with Crippen LogP contribution in [0.1, 0.15) is 0 Å². The van der Waals surface area contributed by atoms with Gasteiger partial charge in [0.25, 0.3) is 0 Å². The van der Waals surface area contributed by atoms with E-state index in [-0.39, 0.29) is 0 Å². The van der Waals surface area contributed by atoms with Crippen LogP contribution in [0, 0.1) is 0 Å². The van der Waals surface area contributed by atoms with Crippen LogP contribution in [0.25, 0.3) is 88.0 Å². The highest BCUT2D eigenvalue weighted by molar-refractivity contribution is 6.24. The molecule has 0 aromatic heterocycles. The highest BCUT2D eigenvalue weighted by Crippen LogP contribution is 2.48. The Bertz CT molecular complexity index is 2510. The molecule has 0 amide bonds. The Morgan fingerprint density at radius 2 is 0.625 bits per heavy atom. The topological polar surface area (TPSA) is 0 Å². The van der Waals surface area contributed by atoms with Crippen molar-refractivity contribution in [1.29, 1.82) is 0 Å². The summed E-state index contributed by atoms with van der Waals surface area (Å²) in [5.41, 5.74) is 12.4. The summed E-state index contributed by atoms with van der Waals surface area (Å²) in [6, 6.07) is 70.7. The molecule has 9 aromatic carbocycles. The maximum Gasteiger partial charge on any atom is -0.00199 e. The van der Waals surface area contributed by atoms with Crippen molar-refractivity contribution >= 4 is 32.3 Å². The van der Waals surface area contributed by atoms with Crippen LogP contribution in [0.5, 0.6) is 0 Å². The Hall–Kier alpha value is -6.24. The van der Waals surface area contributed by atoms with Gasteiger partial charge in [0.2, 0.25) is 0 Å². The van der Waals surface area contributed by atoms with Gasteiger partial charge in [-0.1, -0.05) is 188 Å². The number of benzene rings is 9. The predicted octanol–water partition coefficient (Wildman–Crippen LogP) is 13.5. The zero-order valence-corrected chi connectivity index (χ0v) is 26.5. The smallest absolute Gasteiger partial charge is 0.00199 e. The van der Waals surface area contributed by atoms with E-state index in [2.05, 4.69) is 194 Å². The lowest BCUT2D eigenvalue weighted by Gasteiger charge is -2.21. The van der Waals surface area contributed by atoms with Crippen molar-refractivity contribution in [2.24, 2.45) is 0 Å². The van der Waals surface area contributed by atoms with Gasteiger partial charge in [0.1, 0.15) is 0 Å². The first-order valence-corrected chi connectivity index (χ1v) is 16.6. The van der Waals surface area contributed by atoms with Crippen molar-refractivity contribution in [2.75, 3.05) is 0 Å². The predicted molar refractivity (Wildman–Crippen MR) is 206 cm³/mol. The van der Waals surface area contributed by atoms with E-state index in [1.807, 2.05) is 0 Å². The molecule has 0 aliphatic rings. The van der Waals surface area contributed by atoms with E-state index in [1.165, 1.54) is 88.0 Å². The van der Waals surface area contributed by atoms with Crippen molar-refractivity contribution in [3.05, 3.63) is 194 Å². The van der Waals surface area contributed by atoms with Crippen molar-refractivity contribution in [3.8, 4) is 55.6 Å². The Kier molecular flexibility index (Phi) is 6.91. The molecule has 0 atom stereocenters. The van der Waals surface area contributed by atoms with Crippen LogP contribution in [0.2, 0.25) is 0 Å². The number of rotatable bonds is 5. The molecule has 0 spiro atoms. The van der Waals surface area contributed by atoms with Crippen LogP contribution < -0.4 is 0 Å². The molecular formula is C48H32. The summed E-state index contributed by atoms with van der Waals surface area (Å²) in [7, 11) is 0. The van der Waals surface area contributed by atoms with E-state index < -0.39 is 0 Å².